The predicted octanol–water partition coefficient (Wildman–Crippen LogP) is 2.71. The third-order valence-corrected chi connectivity index (χ3v) is 3.40. The summed E-state index contributed by atoms with van der Waals surface area (Å²) in [6.07, 6.45) is 0.349. The number of rotatable bonds is 8. The second kappa shape index (κ2) is 7.85. The summed E-state index contributed by atoms with van der Waals surface area (Å²) >= 11 is 0. The number of carboxylic acids is 1. The van der Waals surface area contributed by atoms with Crippen LogP contribution in [0.2, 0.25) is 0 Å². The van der Waals surface area contributed by atoms with E-state index in [2.05, 4.69) is 5.32 Å². The molecule has 1 amide bonds. The predicted molar refractivity (Wildman–Crippen MR) is 87.1 cm³/mol. The van der Waals surface area contributed by atoms with Crippen LogP contribution in [0.4, 0.5) is 0 Å². The minimum atomic E-state index is -0.886. The van der Waals surface area contributed by atoms with E-state index in [1.807, 2.05) is 13.8 Å². The summed E-state index contributed by atoms with van der Waals surface area (Å²) in [4.78, 5) is 23.2. The molecule has 0 aliphatic heterocycles. The van der Waals surface area contributed by atoms with Gasteiger partial charge in [-0.3, -0.25) is 9.59 Å². The first-order chi connectivity index (χ1) is 10.7. The van der Waals surface area contributed by atoms with Crippen LogP contribution in [0, 0.1) is 5.41 Å². The summed E-state index contributed by atoms with van der Waals surface area (Å²) in [5.41, 5.74) is -0.439. The SMILES string of the molecule is COc1cc(C(=O)NCCC(C)(C)C(=O)O)ccc1OC(C)C. The van der Waals surface area contributed by atoms with E-state index in [4.69, 9.17) is 14.6 Å². The Morgan fingerprint density at radius 1 is 1.26 bits per heavy atom. The van der Waals surface area contributed by atoms with Gasteiger partial charge in [0.2, 0.25) is 0 Å². The molecular formula is C17H25NO5. The molecule has 0 saturated heterocycles. The van der Waals surface area contributed by atoms with E-state index in [0.29, 0.717) is 23.5 Å². The van der Waals surface area contributed by atoms with Crippen LogP contribution in [0.1, 0.15) is 44.5 Å². The Labute approximate surface area is 136 Å². The van der Waals surface area contributed by atoms with Crippen molar-refractivity contribution in [2.75, 3.05) is 13.7 Å². The second-order valence-corrected chi connectivity index (χ2v) is 6.23. The summed E-state index contributed by atoms with van der Waals surface area (Å²) in [5.74, 6) is -0.104. The fourth-order valence-electron chi connectivity index (χ4n) is 1.86. The van der Waals surface area contributed by atoms with E-state index in [9.17, 15) is 9.59 Å². The van der Waals surface area contributed by atoms with Gasteiger partial charge in [0, 0.05) is 12.1 Å². The summed E-state index contributed by atoms with van der Waals surface area (Å²) in [6.45, 7) is 7.35. The summed E-state index contributed by atoms with van der Waals surface area (Å²) in [7, 11) is 1.51. The lowest BCUT2D eigenvalue weighted by Crippen LogP contribution is -2.31. The molecule has 0 spiro atoms. The number of carbonyl (C=O) groups is 2. The van der Waals surface area contributed by atoms with E-state index in [-0.39, 0.29) is 18.6 Å². The second-order valence-electron chi connectivity index (χ2n) is 6.23. The van der Waals surface area contributed by atoms with Gasteiger partial charge in [0.1, 0.15) is 0 Å². The fraction of sp³-hybridized carbons (Fsp3) is 0.529. The Morgan fingerprint density at radius 2 is 1.91 bits per heavy atom. The molecule has 0 fully saturated rings. The van der Waals surface area contributed by atoms with Gasteiger partial charge in [0.25, 0.3) is 5.91 Å². The third kappa shape index (κ3) is 5.47. The highest BCUT2D eigenvalue weighted by Crippen LogP contribution is 2.29. The molecule has 128 valence electrons. The van der Waals surface area contributed by atoms with Crippen LogP contribution >= 0.6 is 0 Å². The Balaban J connectivity index is 2.72. The molecule has 0 aromatic heterocycles. The summed E-state index contributed by atoms with van der Waals surface area (Å²) in [6, 6.07) is 4.95. The van der Waals surface area contributed by atoms with Crippen molar-refractivity contribution in [3.05, 3.63) is 23.8 Å². The largest absolute Gasteiger partial charge is 0.493 e. The molecule has 0 aliphatic rings. The molecule has 6 nitrogen and oxygen atoms in total. The van der Waals surface area contributed by atoms with E-state index in [1.165, 1.54) is 7.11 Å². The lowest BCUT2D eigenvalue weighted by atomic mass is 9.90. The molecule has 0 aliphatic carbocycles. The normalized spacial score (nSPS) is 11.2. The maximum Gasteiger partial charge on any atom is 0.309 e. The van der Waals surface area contributed by atoms with Crippen LogP contribution in [0.15, 0.2) is 18.2 Å². The smallest absolute Gasteiger partial charge is 0.309 e. The third-order valence-electron chi connectivity index (χ3n) is 3.40. The van der Waals surface area contributed by atoms with Crippen LogP contribution in [0.5, 0.6) is 11.5 Å². The molecule has 0 unspecified atom stereocenters. The summed E-state index contributed by atoms with van der Waals surface area (Å²) < 4.78 is 10.8. The monoisotopic (exact) mass is 323 g/mol. The number of carboxylic acid groups (broad SMARTS) is 1. The number of amides is 1. The van der Waals surface area contributed by atoms with Crippen molar-refractivity contribution >= 4 is 11.9 Å². The first-order valence-corrected chi connectivity index (χ1v) is 7.53. The average molecular weight is 323 g/mol. The fourth-order valence-corrected chi connectivity index (χ4v) is 1.86. The first-order valence-electron chi connectivity index (χ1n) is 7.53. The zero-order chi connectivity index (χ0) is 17.6. The molecule has 6 heteroatoms. The van der Waals surface area contributed by atoms with Crippen LogP contribution in [-0.2, 0) is 4.79 Å². The Hall–Kier alpha value is -2.24. The molecule has 2 N–H and O–H groups in total. The van der Waals surface area contributed by atoms with Gasteiger partial charge in [-0.25, -0.2) is 0 Å². The van der Waals surface area contributed by atoms with Gasteiger partial charge >= 0.3 is 5.97 Å². The highest BCUT2D eigenvalue weighted by atomic mass is 16.5. The van der Waals surface area contributed by atoms with Crippen LogP contribution in [-0.4, -0.2) is 36.7 Å². The number of hydrogen-bond donors (Lipinski definition) is 2. The van der Waals surface area contributed by atoms with Crippen LogP contribution < -0.4 is 14.8 Å². The topological polar surface area (TPSA) is 84.9 Å². The van der Waals surface area contributed by atoms with Crippen molar-refractivity contribution in [3.8, 4) is 11.5 Å². The van der Waals surface area contributed by atoms with E-state index >= 15 is 0 Å². The van der Waals surface area contributed by atoms with Crippen molar-refractivity contribution < 1.29 is 24.2 Å². The quantitative estimate of drug-likeness (QED) is 0.768. The molecule has 1 rings (SSSR count). The van der Waals surface area contributed by atoms with E-state index in [0.717, 1.165) is 0 Å². The lowest BCUT2D eigenvalue weighted by molar-refractivity contribution is -0.147. The van der Waals surface area contributed by atoms with Crippen molar-refractivity contribution in [3.63, 3.8) is 0 Å². The molecule has 0 atom stereocenters. The summed E-state index contributed by atoms with van der Waals surface area (Å²) in [5, 5.41) is 11.8. The molecule has 1 aromatic rings. The zero-order valence-electron chi connectivity index (χ0n) is 14.3. The van der Waals surface area contributed by atoms with Gasteiger partial charge < -0.3 is 19.9 Å². The number of nitrogens with one attached hydrogen (secondary N) is 1. The van der Waals surface area contributed by atoms with Gasteiger partial charge in [0.05, 0.1) is 18.6 Å². The molecule has 0 radical (unpaired) electrons. The van der Waals surface area contributed by atoms with Crippen molar-refractivity contribution in [2.24, 2.45) is 5.41 Å². The molecule has 0 heterocycles. The molecule has 1 aromatic carbocycles. The highest BCUT2D eigenvalue weighted by Gasteiger charge is 2.26. The lowest BCUT2D eigenvalue weighted by Gasteiger charge is -2.19. The van der Waals surface area contributed by atoms with Gasteiger partial charge in [-0.1, -0.05) is 0 Å². The molecule has 0 bridgehead atoms. The number of aliphatic carboxylic acids is 1. The maximum atomic E-state index is 12.1. The minimum Gasteiger partial charge on any atom is -0.493 e. The molecular weight excluding hydrogens is 298 g/mol. The molecule has 0 saturated carbocycles. The standard InChI is InChI=1S/C17H25NO5/c1-11(2)23-13-7-6-12(10-14(13)22-5)15(19)18-9-8-17(3,4)16(20)21/h6-7,10-11H,8-9H2,1-5H3,(H,18,19)(H,20,21). The van der Waals surface area contributed by atoms with Crippen molar-refractivity contribution in [2.45, 2.75) is 40.2 Å². The number of hydrogen-bond acceptors (Lipinski definition) is 4. The molecule has 23 heavy (non-hydrogen) atoms. The minimum absolute atomic E-state index is 0.00169. The van der Waals surface area contributed by atoms with Gasteiger partial charge in [0.15, 0.2) is 11.5 Å². The number of ether oxygens (including phenoxy) is 2. The van der Waals surface area contributed by atoms with Gasteiger partial charge in [-0.15, -0.1) is 0 Å². The Morgan fingerprint density at radius 3 is 2.43 bits per heavy atom. The first kappa shape index (κ1) is 18.8. The highest BCUT2D eigenvalue weighted by molar-refractivity contribution is 5.94. The average Bonchev–Trinajstić information content (AvgIpc) is 2.46. The number of methoxy groups -OCH3 is 1. The number of carbonyl (C=O) groups excluding carboxylic acids is 1. The maximum absolute atomic E-state index is 12.1. The van der Waals surface area contributed by atoms with Crippen molar-refractivity contribution in [1.29, 1.82) is 0 Å². The van der Waals surface area contributed by atoms with E-state index in [1.54, 1.807) is 32.0 Å². The van der Waals surface area contributed by atoms with Gasteiger partial charge in [-0.2, -0.15) is 0 Å². The Bertz CT molecular complexity index is 566. The van der Waals surface area contributed by atoms with Crippen LogP contribution in [0.25, 0.3) is 0 Å². The zero-order valence-corrected chi connectivity index (χ0v) is 14.3. The van der Waals surface area contributed by atoms with Crippen LogP contribution in [0.3, 0.4) is 0 Å². The van der Waals surface area contributed by atoms with E-state index < -0.39 is 11.4 Å². The number of benzene rings is 1. The Kier molecular flexibility index (Phi) is 6.42. The van der Waals surface area contributed by atoms with Crippen molar-refractivity contribution in [1.82, 2.24) is 5.32 Å². The van der Waals surface area contributed by atoms with Gasteiger partial charge in [-0.05, 0) is 52.3 Å².